The van der Waals surface area contributed by atoms with Crippen LogP contribution in [0.2, 0.25) is 5.02 Å². The Hall–Kier alpha value is -4.29. The molecule has 0 spiro atoms. The van der Waals surface area contributed by atoms with E-state index in [0.29, 0.717) is 29.2 Å². The van der Waals surface area contributed by atoms with Crippen molar-refractivity contribution >= 4 is 51.9 Å². The largest absolute Gasteiger partial charge is 0.461 e. The first-order valence-corrected chi connectivity index (χ1v) is 14.0. The zero-order chi connectivity index (χ0) is 29.8. The summed E-state index contributed by atoms with van der Waals surface area (Å²) >= 11 is 5.86. The number of benzene rings is 2. The van der Waals surface area contributed by atoms with Crippen molar-refractivity contribution in [1.29, 1.82) is 0 Å². The van der Waals surface area contributed by atoms with Crippen LogP contribution in [-0.4, -0.2) is 59.7 Å². The molecular formula is C31H36ClN5O4. The van der Waals surface area contributed by atoms with E-state index in [1.54, 1.807) is 35.2 Å². The third-order valence-corrected chi connectivity index (χ3v) is 6.89. The van der Waals surface area contributed by atoms with E-state index in [9.17, 15) is 14.4 Å². The van der Waals surface area contributed by atoms with E-state index in [4.69, 9.17) is 21.8 Å². The summed E-state index contributed by atoms with van der Waals surface area (Å²) in [4.78, 5) is 43.5. The van der Waals surface area contributed by atoms with Gasteiger partial charge in [-0.05, 0) is 75.1 Å². The number of terminal acetylenes is 1. The molecule has 0 radical (unpaired) electrons. The lowest BCUT2D eigenvalue weighted by Gasteiger charge is -2.23. The fourth-order valence-electron chi connectivity index (χ4n) is 4.65. The van der Waals surface area contributed by atoms with E-state index in [1.165, 1.54) is 0 Å². The number of nitrogens with two attached hydrogens (primary N) is 1. The predicted octanol–water partition coefficient (Wildman–Crippen LogP) is 5.03. The molecule has 0 bridgehead atoms. The quantitative estimate of drug-likeness (QED) is 0.256. The van der Waals surface area contributed by atoms with Crippen LogP contribution in [0, 0.1) is 19.8 Å². The Bertz CT molecular complexity index is 1410. The van der Waals surface area contributed by atoms with E-state index < -0.39 is 0 Å². The summed E-state index contributed by atoms with van der Waals surface area (Å²) in [6.45, 7) is 4.70. The molecule has 2 aromatic carbocycles. The Morgan fingerprint density at radius 3 is 2.49 bits per heavy atom. The van der Waals surface area contributed by atoms with Gasteiger partial charge < -0.3 is 20.0 Å². The molecule has 3 N–H and O–H groups in total. The zero-order valence-electron chi connectivity index (χ0n) is 23.3. The SMILES string of the molecule is C#C.Cc1cc2cc(N=C(N)NC(=O)c3cccc(Cl)c3)ccc2o1.O=C(CN1CCCCCC1=O)N1CCCC1. The number of guanidine groups is 1. The highest BCUT2D eigenvalue weighted by atomic mass is 35.5. The van der Waals surface area contributed by atoms with Crippen molar-refractivity contribution in [1.82, 2.24) is 15.1 Å². The molecule has 3 aromatic rings. The topological polar surface area (TPSA) is 121 Å². The molecule has 0 saturated carbocycles. The number of likely N-dealkylation sites (tertiary alicyclic amines) is 2. The summed E-state index contributed by atoms with van der Waals surface area (Å²) in [6.07, 6.45) is 14.0. The summed E-state index contributed by atoms with van der Waals surface area (Å²) < 4.78 is 5.50. The Balaban J connectivity index is 0.000000225. The standard InChI is InChI=1S/C17H14ClN3O2.C12H20N2O2.C2H2/c1-10-7-12-9-14(5-6-15(12)23-10)20-17(19)21-16(22)11-3-2-4-13(18)8-11;15-11-6-2-1-3-9-14(11)10-12(16)13-7-4-5-8-13;1-2/h2-9H,1H3,(H3,19,20,21,22);1-10H2;1-2H. The second kappa shape index (κ2) is 15.5. The molecule has 3 heterocycles. The van der Waals surface area contributed by atoms with Crippen molar-refractivity contribution < 1.29 is 18.8 Å². The number of carbonyl (C=O) groups is 3. The van der Waals surface area contributed by atoms with Gasteiger partial charge in [0.1, 0.15) is 11.3 Å². The van der Waals surface area contributed by atoms with E-state index in [0.717, 1.165) is 68.5 Å². The number of furan rings is 1. The van der Waals surface area contributed by atoms with Crippen LogP contribution in [0.3, 0.4) is 0 Å². The summed E-state index contributed by atoms with van der Waals surface area (Å²) in [5.41, 5.74) is 7.61. The van der Waals surface area contributed by atoms with Crippen LogP contribution >= 0.6 is 11.6 Å². The van der Waals surface area contributed by atoms with Gasteiger partial charge in [-0.1, -0.05) is 24.1 Å². The number of nitrogens with one attached hydrogen (secondary N) is 1. The first kappa shape index (κ1) is 31.2. The van der Waals surface area contributed by atoms with Gasteiger partial charge in [-0.2, -0.15) is 0 Å². The maximum atomic E-state index is 12.1. The molecule has 2 aliphatic heterocycles. The van der Waals surface area contributed by atoms with Gasteiger partial charge in [0, 0.05) is 42.0 Å². The monoisotopic (exact) mass is 577 g/mol. The van der Waals surface area contributed by atoms with E-state index in [-0.39, 0.29) is 23.7 Å². The molecule has 0 atom stereocenters. The number of aryl methyl sites for hydroxylation is 1. The summed E-state index contributed by atoms with van der Waals surface area (Å²) in [5, 5.41) is 3.94. The number of fused-ring (bicyclic) bond motifs is 1. The molecule has 3 amide bonds. The molecule has 2 fully saturated rings. The maximum Gasteiger partial charge on any atom is 0.258 e. The van der Waals surface area contributed by atoms with Gasteiger partial charge in [-0.25, -0.2) is 4.99 Å². The number of aliphatic imine (C=N–C) groups is 1. The fourth-order valence-corrected chi connectivity index (χ4v) is 4.84. The highest BCUT2D eigenvalue weighted by Gasteiger charge is 2.23. The number of rotatable bonds is 4. The molecule has 1 aromatic heterocycles. The van der Waals surface area contributed by atoms with Gasteiger partial charge in [0.25, 0.3) is 5.91 Å². The second-order valence-corrected chi connectivity index (χ2v) is 10.2. The van der Waals surface area contributed by atoms with E-state index in [1.807, 2.05) is 30.0 Å². The van der Waals surface area contributed by atoms with Crippen molar-refractivity contribution in [3.05, 3.63) is 64.9 Å². The summed E-state index contributed by atoms with van der Waals surface area (Å²) in [7, 11) is 0. The average Bonchev–Trinajstić information content (AvgIpc) is 3.58. The molecule has 10 heteroatoms. The minimum absolute atomic E-state index is 0.00884. The van der Waals surface area contributed by atoms with Gasteiger partial charge in [0.2, 0.25) is 17.8 Å². The van der Waals surface area contributed by atoms with E-state index in [2.05, 4.69) is 23.2 Å². The minimum Gasteiger partial charge on any atom is -0.461 e. The van der Waals surface area contributed by atoms with Crippen LogP contribution in [0.15, 0.2) is 57.9 Å². The highest BCUT2D eigenvalue weighted by Crippen LogP contribution is 2.24. The summed E-state index contributed by atoms with van der Waals surface area (Å²) in [6, 6.07) is 13.9. The smallest absolute Gasteiger partial charge is 0.258 e. The Morgan fingerprint density at radius 2 is 1.76 bits per heavy atom. The molecule has 2 aliphatic rings. The lowest BCUT2D eigenvalue weighted by atomic mass is 10.2. The number of nitrogens with zero attached hydrogens (tertiary/aromatic N) is 3. The molecule has 0 aliphatic carbocycles. The first-order valence-electron chi connectivity index (χ1n) is 13.6. The Morgan fingerprint density at radius 1 is 1.02 bits per heavy atom. The zero-order valence-corrected chi connectivity index (χ0v) is 24.0. The molecule has 2 saturated heterocycles. The van der Waals surface area contributed by atoms with Crippen molar-refractivity contribution in [2.45, 2.75) is 45.4 Å². The van der Waals surface area contributed by atoms with Gasteiger partial charge in [0.15, 0.2) is 0 Å². The molecule has 9 nitrogen and oxygen atoms in total. The lowest BCUT2D eigenvalue weighted by molar-refractivity contribution is -0.139. The van der Waals surface area contributed by atoms with Gasteiger partial charge in [0.05, 0.1) is 12.2 Å². The van der Waals surface area contributed by atoms with Crippen molar-refractivity contribution in [3.63, 3.8) is 0 Å². The van der Waals surface area contributed by atoms with Crippen molar-refractivity contribution in [2.24, 2.45) is 10.7 Å². The third-order valence-electron chi connectivity index (χ3n) is 6.66. The second-order valence-electron chi connectivity index (χ2n) is 9.75. The van der Waals surface area contributed by atoms with Gasteiger partial charge in [-0.3, -0.25) is 19.7 Å². The van der Waals surface area contributed by atoms with Crippen LogP contribution in [0.25, 0.3) is 11.0 Å². The molecule has 5 rings (SSSR count). The van der Waals surface area contributed by atoms with Crippen LogP contribution in [0.5, 0.6) is 0 Å². The maximum absolute atomic E-state index is 12.1. The predicted molar refractivity (Wildman–Crippen MR) is 162 cm³/mol. The number of halogens is 1. The molecular weight excluding hydrogens is 542 g/mol. The molecule has 0 unspecified atom stereocenters. The third kappa shape index (κ3) is 9.40. The first-order chi connectivity index (χ1) is 19.8. The average molecular weight is 578 g/mol. The van der Waals surface area contributed by atoms with Gasteiger partial charge in [-0.15, -0.1) is 12.8 Å². The summed E-state index contributed by atoms with van der Waals surface area (Å²) in [5.74, 6) is 0.754. The van der Waals surface area contributed by atoms with E-state index >= 15 is 0 Å². The van der Waals surface area contributed by atoms with Crippen molar-refractivity contribution in [2.75, 3.05) is 26.2 Å². The Kier molecular flexibility index (Phi) is 11.8. The van der Waals surface area contributed by atoms with Crippen LogP contribution in [-0.2, 0) is 9.59 Å². The van der Waals surface area contributed by atoms with Crippen molar-refractivity contribution in [3.8, 4) is 12.8 Å². The van der Waals surface area contributed by atoms with Crippen LogP contribution in [0.1, 0.15) is 54.6 Å². The number of carbonyl (C=O) groups excluding carboxylic acids is 3. The molecule has 216 valence electrons. The number of amides is 3. The number of hydrogen-bond acceptors (Lipinski definition) is 5. The normalized spacial score (nSPS) is 15.3. The lowest BCUT2D eigenvalue weighted by Crippen LogP contribution is -2.41. The fraction of sp³-hybridized carbons (Fsp3) is 0.355. The number of hydrogen-bond donors (Lipinski definition) is 2. The molecule has 41 heavy (non-hydrogen) atoms. The Labute approximate surface area is 245 Å². The van der Waals surface area contributed by atoms with Crippen LogP contribution in [0.4, 0.5) is 5.69 Å². The van der Waals surface area contributed by atoms with Crippen LogP contribution < -0.4 is 11.1 Å². The minimum atomic E-state index is -0.367. The highest BCUT2D eigenvalue weighted by molar-refractivity contribution is 6.31. The van der Waals surface area contributed by atoms with Gasteiger partial charge >= 0.3 is 0 Å².